The van der Waals surface area contributed by atoms with Crippen molar-refractivity contribution >= 4 is 87.2 Å². The smallest absolute Gasteiger partial charge is 0.164 e. The fourth-order valence-corrected chi connectivity index (χ4v) is 18.1. The molecule has 0 aliphatic rings. The highest BCUT2D eigenvalue weighted by molar-refractivity contribution is 6.14. The van der Waals surface area contributed by atoms with Gasteiger partial charge in [-0.05, 0) is 172 Å². The van der Waals surface area contributed by atoms with Crippen molar-refractivity contribution in [1.29, 1.82) is 0 Å². The van der Waals surface area contributed by atoms with E-state index in [1.54, 1.807) is 0 Å². The Morgan fingerprint density at radius 2 is 0.315 bits per heavy atom. The van der Waals surface area contributed by atoms with Crippen molar-refractivity contribution in [3.8, 4) is 136 Å². The Morgan fingerprint density at radius 3 is 0.653 bits per heavy atom. The van der Waals surface area contributed by atoms with Crippen LogP contribution in [0.2, 0.25) is 0 Å². The fraction of sp³-hybridized carbons (Fsp3) is 0. The average Bonchev–Trinajstić information content (AvgIpc) is 1.58. The third-order valence-electron chi connectivity index (χ3n) is 23.9. The molecule has 0 N–H and O–H groups in total. The lowest BCUT2D eigenvalue weighted by molar-refractivity contribution is 1.07. The zero-order valence-electron chi connectivity index (χ0n) is 67.2. The predicted molar refractivity (Wildman–Crippen MR) is 511 cm³/mol. The third kappa shape index (κ3) is 13.1. The summed E-state index contributed by atoms with van der Waals surface area (Å²) in [6, 6.07) is 159. The van der Waals surface area contributed by atoms with E-state index in [0.717, 1.165) is 112 Å². The SMILES string of the molecule is c1ccc(-c2cc(-c3ccccc3)cc(-c3nc(-c4ccccc4)nc(-c4cccc(-n5c6ccccc6c6cc(-n7c8ccccc8c8ccccc87)ccc65)c4)n3)c2)cc1.c1ccc(-c2cccc(-c3cccc(-c4nc(-c5ccccc5)nc(-c5cccc(-n6c7ccccc7c7cc(-n8c9ccccc9c9ccccc98)ccc76)c5)n4)c3)c2)cc1. The van der Waals surface area contributed by atoms with Crippen LogP contribution in [0.5, 0.6) is 0 Å². The molecule has 10 nitrogen and oxygen atoms in total. The molecule has 124 heavy (non-hydrogen) atoms. The van der Waals surface area contributed by atoms with E-state index in [0.29, 0.717) is 34.9 Å². The van der Waals surface area contributed by atoms with E-state index < -0.39 is 0 Å². The monoisotopic (exact) mass is 1580 g/mol. The Bertz CT molecular complexity index is 8070. The summed E-state index contributed by atoms with van der Waals surface area (Å²) in [6.45, 7) is 0. The third-order valence-corrected chi connectivity index (χ3v) is 23.9. The molecule has 0 spiro atoms. The second kappa shape index (κ2) is 30.8. The van der Waals surface area contributed by atoms with Crippen molar-refractivity contribution in [3.05, 3.63) is 449 Å². The summed E-state index contributed by atoms with van der Waals surface area (Å²) < 4.78 is 9.49. The molecule has 0 radical (unpaired) electrons. The predicted octanol–water partition coefficient (Wildman–Crippen LogP) is 28.8. The first-order chi connectivity index (χ1) is 61.5. The second-order valence-electron chi connectivity index (χ2n) is 31.4. The van der Waals surface area contributed by atoms with Crippen LogP contribution in [0, 0.1) is 0 Å². The summed E-state index contributed by atoms with van der Waals surface area (Å²) in [7, 11) is 0. The van der Waals surface area contributed by atoms with Crippen LogP contribution in [0.15, 0.2) is 449 Å². The summed E-state index contributed by atoms with van der Waals surface area (Å²) in [5, 5.41) is 9.76. The largest absolute Gasteiger partial charge is 0.309 e. The Hall–Kier alpha value is -16.8. The van der Waals surface area contributed by atoms with Gasteiger partial charge in [-0.1, -0.05) is 322 Å². The molecule has 24 rings (SSSR count). The summed E-state index contributed by atoms with van der Waals surface area (Å²) >= 11 is 0. The molecule has 0 atom stereocenters. The molecule has 18 aromatic carbocycles. The number of rotatable bonds is 14. The van der Waals surface area contributed by atoms with Crippen molar-refractivity contribution in [2.24, 2.45) is 0 Å². The molecule has 0 bridgehead atoms. The van der Waals surface area contributed by atoms with E-state index in [9.17, 15) is 0 Å². The van der Waals surface area contributed by atoms with Gasteiger partial charge in [0.25, 0.3) is 0 Å². The van der Waals surface area contributed by atoms with Crippen molar-refractivity contribution in [1.82, 2.24) is 48.2 Å². The molecular formula is C114H74N10. The van der Waals surface area contributed by atoms with Gasteiger partial charge in [-0.2, -0.15) is 0 Å². The van der Waals surface area contributed by atoms with Gasteiger partial charge >= 0.3 is 0 Å². The van der Waals surface area contributed by atoms with E-state index in [2.05, 4.69) is 413 Å². The van der Waals surface area contributed by atoms with Gasteiger partial charge in [-0.25, -0.2) is 29.9 Å². The lowest BCUT2D eigenvalue weighted by Gasteiger charge is -2.13. The standard InChI is InChI=1S/2C57H37N5/c1-4-17-38(18-5-1)42-33-43(39-19-6-2-7-20-39)35-44(34-42)57-59-55(40-21-8-3-9-22-40)58-56(60-57)41-23-16-24-45(36-41)61-53-30-15-12-27-49(53)50-37-46(31-32-54(50)61)62-51-28-13-10-25-47(51)48-26-11-14-29-52(48)62;1-3-16-38(17-4-1)40-20-13-21-41(34-40)42-22-14-23-43(35-42)56-58-55(39-18-5-2-6-19-39)59-57(60-56)44-24-15-25-45(36-44)61-53-31-12-9-28-49(53)50-37-46(32-33-54(50)61)62-51-29-10-7-26-47(51)48-27-8-11-30-52(48)62/h2*1-37H. The van der Waals surface area contributed by atoms with Gasteiger partial charge in [0.05, 0.1) is 44.1 Å². The molecule has 6 aromatic heterocycles. The van der Waals surface area contributed by atoms with Crippen LogP contribution < -0.4 is 0 Å². The maximum Gasteiger partial charge on any atom is 0.164 e. The van der Waals surface area contributed by atoms with Crippen molar-refractivity contribution in [2.45, 2.75) is 0 Å². The number of hydrogen-bond acceptors (Lipinski definition) is 6. The summed E-state index contributed by atoms with van der Waals surface area (Å²) in [5.74, 6) is 3.70. The minimum atomic E-state index is 0.608. The van der Waals surface area contributed by atoms with Crippen LogP contribution in [0.3, 0.4) is 0 Å². The molecule has 0 aliphatic heterocycles. The van der Waals surface area contributed by atoms with Crippen LogP contribution >= 0.6 is 0 Å². The van der Waals surface area contributed by atoms with E-state index in [-0.39, 0.29) is 0 Å². The lowest BCUT2D eigenvalue weighted by Crippen LogP contribution is -2.01. The average molecular weight is 1580 g/mol. The van der Waals surface area contributed by atoms with Crippen LogP contribution in [0.1, 0.15) is 0 Å². The lowest BCUT2D eigenvalue weighted by atomic mass is 9.96. The number of hydrogen-bond donors (Lipinski definition) is 0. The summed E-state index contributed by atoms with van der Waals surface area (Å²) in [6.07, 6.45) is 0. The second-order valence-corrected chi connectivity index (χ2v) is 31.4. The van der Waals surface area contributed by atoms with Gasteiger partial charge in [-0.3, -0.25) is 0 Å². The highest BCUT2D eigenvalue weighted by Gasteiger charge is 2.23. The molecule has 0 unspecified atom stereocenters. The molecule has 0 saturated carbocycles. The van der Waals surface area contributed by atoms with Crippen molar-refractivity contribution in [2.75, 3.05) is 0 Å². The minimum absolute atomic E-state index is 0.608. The summed E-state index contributed by atoms with van der Waals surface area (Å²) in [5.41, 5.74) is 28.2. The number of nitrogens with zero attached hydrogens (tertiary/aromatic N) is 10. The van der Waals surface area contributed by atoms with Crippen LogP contribution in [-0.4, -0.2) is 48.2 Å². The topological polar surface area (TPSA) is 97.1 Å². The number of aromatic nitrogens is 10. The van der Waals surface area contributed by atoms with Crippen LogP contribution in [0.25, 0.3) is 223 Å². The zero-order valence-corrected chi connectivity index (χ0v) is 67.2. The van der Waals surface area contributed by atoms with Gasteiger partial charge in [0.15, 0.2) is 34.9 Å². The van der Waals surface area contributed by atoms with Crippen LogP contribution in [0.4, 0.5) is 0 Å². The van der Waals surface area contributed by atoms with Gasteiger partial charge in [0.2, 0.25) is 0 Å². The molecule has 6 heterocycles. The Balaban J connectivity index is 0.000000143. The highest BCUT2D eigenvalue weighted by Crippen LogP contribution is 2.43. The van der Waals surface area contributed by atoms with Crippen molar-refractivity contribution in [3.63, 3.8) is 0 Å². The van der Waals surface area contributed by atoms with E-state index >= 15 is 0 Å². The summed E-state index contributed by atoms with van der Waals surface area (Å²) in [4.78, 5) is 31.0. The zero-order chi connectivity index (χ0) is 82.0. The fourth-order valence-electron chi connectivity index (χ4n) is 18.1. The first-order valence-corrected chi connectivity index (χ1v) is 41.9. The normalized spacial score (nSPS) is 11.5. The highest BCUT2D eigenvalue weighted by atomic mass is 15.1. The van der Waals surface area contributed by atoms with Crippen LogP contribution in [-0.2, 0) is 0 Å². The van der Waals surface area contributed by atoms with Gasteiger partial charge in [-0.15, -0.1) is 0 Å². The van der Waals surface area contributed by atoms with E-state index in [4.69, 9.17) is 29.9 Å². The minimum Gasteiger partial charge on any atom is -0.309 e. The first-order valence-electron chi connectivity index (χ1n) is 41.9. The van der Waals surface area contributed by atoms with E-state index in [1.807, 2.05) is 54.6 Å². The Kier molecular flexibility index (Phi) is 18.0. The first kappa shape index (κ1) is 72.4. The Morgan fingerprint density at radius 1 is 0.113 bits per heavy atom. The number of benzene rings is 18. The van der Waals surface area contributed by atoms with Gasteiger partial charge in [0.1, 0.15) is 0 Å². The maximum atomic E-state index is 5.27. The maximum absolute atomic E-state index is 5.27. The molecule has 0 fully saturated rings. The molecule has 0 amide bonds. The molecule has 10 heteroatoms. The molecule has 0 aliphatic carbocycles. The molecule has 24 aromatic rings. The van der Waals surface area contributed by atoms with Crippen molar-refractivity contribution < 1.29 is 0 Å². The van der Waals surface area contributed by atoms with Gasteiger partial charge < -0.3 is 18.3 Å². The van der Waals surface area contributed by atoms with E-state index in [1.165, 1.54) is 76.3 Å². The quantitative estimate of drug-likeness (QED) is 0.108. The number of fused-ring (bicyclic) bond motifs is 12. The van der Waals surface area contributed by atoms with Gasteiger partial charge in [0, 0.05) is 99.2 Å². The molecule has 0 saturated heterocycles. The number of para-hydroxylation sites is 6. The Labute approximate surface area is 715 Å². The molecular weight excluding hydrogens is 1510 g/mol. The molecule has 580 valence electrons.